The highest BCUT2D eigenvalue weighted by atomic mass is 35.5. The first-order valence-corrected chi connectivity index (χ1v) is 9.56. The van der Waals surface area contributed by atoms with Crippen molar-refractivity contribution in [3.8, 4) is 11.4 Å². The van der Waals surface area contributed by atoms with Crippen LogP contribution < -0.4 is 10.6 Å². The molecule has 7 nitrogen and oxygen atoms in total. The maximum absolute atomic E-state index is 5.90. The van der Waals surface area contributed by atoms with Crippen molar-refractivity contribution in [2.24, 2.45) is 10.9 Å². The maximum Gasteiger partial charge on any atom is 0.246 e. The highest BCUT2D eigenvalue weighted by Gasteiger charge is 2.13. The minimum Gasteiger partial charge on any atom is -0.378 e. The zero-order valence-corrected chi connectivity index (χ0v) is 17.1. The van der Waals surface area contributed by atoms with Gasteiger partial charge in [-0.15, -0.1) is 0 Å². The van der Waals surface area contributed by atoms with Crippen LogP contribution >= 0.6 is 11.6 Å². The van der Waals surface area contributed by atoms with Gasteiger partial charge >= 0.3 is 0 Å². The molecule has 27 heavy (non-hydrogen) atoms. The van der Waals surface area contributed by atoms with Gasteiger partial charge in [-0.05, 0) is 43.5 Å². The van der Waals surface area contributed by atoms with Crippen molar-refractivity contribution in [3.63, 3.8) is 0 Å². The summed E-state index contributed by atoms with van der Waals surface area (Å²) < 4.78 is 11.0. The van der Waals surface area contributed by atoms with Crippen LogP contribution in [0.4, 0.5) is 0 Å². The Morgan fingerprint density at radius 2 is 2.00 bits per heavy atom. The summed E-state index contributed by atoms with van der Waals surface area (Å²) >= 11 is 5.90. The van der Waals surface area contributed by atoms with Gasteiger partial charge in [-0.3, -0.25) is 4.99 Å². The van der Waals surface area contributed by atoms with Crippen molar-refractivity contribution in [2.75, 3.05) is 20.2 Å². The molecule has 1 atom stereocenters. The molecule has 0 bridgehead atoms. The molecular weight excluding hydrogens is 366 g/mol. The Kier molecular flexibility index (Phi) is 8.54. The molecule has 1 aromatic heterocycles. The molecular formula is C19H28ClN5O2. The molecule has 0 saturated carbocycles. The van der Waals surface area contributed by atoms with Gasteiger partial charge in [0.05, 0.1) is 12.6 Å². The molecule has 2 rings (SSSR count). The predicted octanol–water partition coefficient (Wildman–Crippen LogP) is 3.51. The van der Waals surface area contributed by atoms with Gasteiger partial charge in [0.25, 0.3) is 0 Å². The molecule has 0 aliphatic carbocycles. The molecule has 2 aromatic rings. The second-order valence-electron chi connectivity index (χ2n) is 6.40. The molecule has 0 amide bonds. The number of hydrogen-bond donors (Lipinski definition) is 2. The summed E-state index contributed by atoms with van der Waals surface area (Å²) in [7, 11) is 1.73. The first-order valence-electron chi connectivity index (χ1n) is 9.18. The van der Waals surface area contributed by atoms with E-state index in [0.29, 0.717) is 35.2 Å². The normalized spacial score (nSPS) is 13.0. The van der Waals surface area contributed by atoms with Crippen LogP contribution in [0.25, 0.3) is 11.4 Å². The Morgan fingerprint density at radius 3 is 2.63 bits per heavy atom. The standard InChI is InChI=1S/C19H28ClN5O2/c1-5-26-16(13(2)3)10-11-22-19(21-4)23-12-17-24-18(25-27-17)14-6-8-15(20)9-7-14/h6-9,13,16H,5,10-12H2,1-4H3,(H2,21,22,23). The van der Waals surface area contributed by atoms with Gasteiger partial charge in [-0.25, -0.2) is 0 Å². The van der Waals surface area contributed by atoms with Gasteiger partial charge < -0.3 is 19.9 Å². The van der Waals surface area contributed by atoms with Crippen molar-refractivity contribution in [1.29, 1.82) is 0 Å². The van der Waals surface area contributed by atoms with Gasteiger partial charge in [0.15, 0.2) is 5.96 Å². The minimum absolute atomic E-state index is 0.235. The fraction of sp³-hybridized carbons (Fsp3) is 0.526. The van der Waals surface area contributed by atoms with Gasteiger partial charge in [0.2, 0.25) is 11.7 Å². The van der Waals surface area contributed by atoms with E-state index in [1.54, 1.807) is 19.2 Å². The number of nitrogens with zero attached hydrogens (tertiary/aromatic N) is 3. The Morgan fingerprint density at radius 1 is 1.26 bits per heavy atom. The molecule has 2 N–H and O–H groups in total. The van der Waals surface area contributed by atoms with E-state index in [2.05, 4.69) is 39.6 Å². The van der Waals surface area contributed by atoms with E-state index in [9.17, 15) is 0 Å². The molecule has 148 valence electrons. The first kappa shape index (κ1) is 21.2. The first-order chi connectivity index (χ1) is 13.0. The third-order valence-electron chi connectivity index (χ3n) is 4.05. The smallest absolute Gasteiger partial charge is 0.246 e. The summed E-state index contributed by atoms with van der Waals surface area (Å²) in [5.74, 6) is 2.17. The number of ether oxygens (including phenoxy) is 1. The van der Waals surface area contributed by atoms with Crippen molar-refractivity contribution in [3.05, 3.63) is 35.2 Å². The summed E-state index contributed by atoms with van der Waals surface area (Å²) in [6.07, 6.45) is 1.14. The number of hydrogen-bond acceptors (Lipinski definition) is 5. The van der Waals surface area contributed by atoms with Crippen LogP contribution in [0.15, 0.2) is 33.8 Å². The summed E-state index contributed by atoms with van der Waals surface area (Å²) in [6, 6.07) is 7.30. The number of aromatic nitrogens is 2. The van der Waals surface area contributed by atoms with E-state index in [0.717, 1.165) is 25.1 Å². The highest BCUT2D eigenvalue weighted by molar-refractivity contribution is 6.30. The Labute approximate surface area is 165 Å². The molecule has 1 aromatic carbocycles. The second kappa shape index (κ2) is 10.9. The lowest BCUT2D eigenvalue weighted by molar-refractivity contribution is 0.0258. The van der Waals surface area contributed by atoms with E-state index in [1.165, 1.54) is 0 Å². The van der Waals surface area contributed by atoms with Gasteiger partial charge in [0, 0.05) is 30.8 Å². The van der Waals surface area contributed by atoms with E-state index >= 15 is 0 Å². The molecule has 1 unspecified atom stereocenters. The topological polar surface area (TPSA) is 84.6 Å². The molecule has 8 heteroatoms. The summed E-state index contributed by atoms with van der Waals surface area (Å²) in [4.78, 5) is 8.60. The molecule has 0 fully saturated rings. The quantitative estimate of drug-likeness (QED) is 0.501. The monoisotopic (exact) mass is 393 g/mol. The van der Waals surface area contributed by atoms with Crippen molar-refractivity contribution < 1.29 is 9.26 Å². The van der Waals surface area contributed by atoms with Crippen LogP contribution in [0.5, 0.6) is 0 Å². The van der Waals surface area contributed by atoms with Crippen molar-refractivity contribution >= 4 is 17.6 Å². The number of benzene rings is 1. The lowest BCUT2D eigenvalue weighted by Gasteiger charge is -2.21. The van der Waals surface area contributed by atoms with Crippen LogP contribution in [0.2, 0.25) is 5.02 Å². The van der Waals surface area contributed by atoms with Crippen molar-refractivity contribution in [1.82, 2.24) is 20.8 Å². The maximum atomic E-state index is 5.90. The van der Waals surface area contributed by atoms with Gasteiger partial charge in [-0.2, -0.15) is 4.98 Å². The number of nitrogens with one attached hydrogen (secondary N) is 2. The highest BCUT2D eigenvalue weighted by Crippen LogP contribution is 2.18. The molecule has 0 spiro atoms. The summed E-state index contributed by atoms with van der Waals surface area (Å²) in [5.41, 5.74) is 0.854. The van der Waals surface area contributed by atoms with E-state index in [4.69, 9.17) is 20.9 Å². The van der Waals surface area contributed by atoms with E-state index in [1.807, 2.05) is 19.1 Å². The summed E-state index contributed by atoms with van der Waals surface area (Å²) in [6.45, 7) is 8.24. The van der Waals surface area contributed by atoms with Crippen LogP contribution in [-0.2, 0) is 11.3 Å². The third kappa shape index (κ3) is 6.84. The predicted molar refractivity (Wildman–Crippen MR) is 108 cm³/mol. The Bertz CT molecular complexity index is 715. The fourth-order valence-electron chi connectivity index (χ4n) is 2.58. The van der Waals surface area contributed by atoms with E-state index < -0.39 is 0 Å². The average Bonchev–Trinajstić information content (AvgIpc) is 3.13. The number of aliphatic imine (C=N–C) groups is 1. The Hall–Kier alpha value is -2.12. The van der Waals surface area contributed by atoms with Gasteiger partial charge in [-0.1, -0.05) is 30.6 Å². The van der Waals surface area contributed by atoms with E-state index in [-0.39, 0.29) is 6.10 Å². The van der Waals surface area contributed by atoms with Crippen molar-refractivity contribution in [2.45, 2.75) is 39.8 Å². The van der Waals surface area contributed by atoms with Crippen LogP contribution in [0.1, 0.15) is 33.1 Å². The van der Waals surface area contributed by atoms with Crippen LogP contribution in [0.3, 0.4) is 0 Å². The SMILES string of the molecule is CCOC(CCNC(=NC)NCc1nc(-c2ccc(Cl)cc2)no1)C(C)C. The lowest BCUT2D eigenvalue weighted by atomic mass is 10.0. The molecule has 0 radical (unpaired) electrons. The number of rotatable bonds is 9. The number of guanidine groups is 1. The van der Waals surface area contributed by atoms with Crippen LogP contribution in [-0.4, -0.2) is 42.4 Å². The second-order valence-corrected chi connectivity index (χ2v) is 6.83. The zero-order chi connectivity index (χ0) is 19.6. The largest absolute Gasteiger partial charge is 0.378 e. The Balaban J connectivity index is 1.81. The molecule has 1 heterocycles. The fourth-order valence-corrected chi connectivity index (χ4v) is 2.70. The lowest BCUT2D eigenvalue weighted by Crippen LogP contribution is -2.39. The minimum atomic E-state index is 0.235. The molecule has 0 aliphatic heterocycles. The average molecular weight is 394 g/mol. The van der Waals surface area contributed by atoms with Gasteiger partial charge in [0.1, 0.15) is 0 Å². The van der Waals surface area contributed by atoms with Crippen LogP contribution in [0, 0.1) is 5.92 Å². The third-order valence-corrected chi connectivity index (χ3v) is 4.30. The zero-order valence-electron chi connectivity index (χ0n) is 16.3. The molecule has 0 saturated heterocycles. The summed E-state index contributed by atoms with van der Waals surface area (Å²) in [5, 5.41) is 11.1. The number of halogens is 1. The molecule has 0 aliphatic rings.